The molecule has 0 saturated heterocycles. The zero-order chi connectivity index (χ0) is 12.8. The van der Waals surface area contributed by atoms with Gasteiger partial charge in [-0.1, -0.05) is 11.6 Å². The summed E-state index contributed by atoms with van der Waals surface area (Å²) in [6.07, 6.45) is 4.62. The molecule has 0 aliphatic rings. The molecule has 1 rings (SSSR count). The monoisotopic (exact) mass is 272 g/mol. The highest BCUT2D eigenvalue weighted by molar-refractivity contribution is 7.98. The Labute approximate surface area is 112 Å². The van der Waals surface area contributed by atoms with Crippen LogP contribution in [0, 0.1) is 0 Å². The third-order valence-corrected chi connectivity index (χ3v) is 3.66. The number of aromatic nitrogens is 1. The van der Waals surface area contributed by atoms with E-state index in [0.29, 0.717) is 5.56 Å². The molecule has 0 radical (unpaired) electrons. The lowest BCUT2D eigenvalue weighted by Gasteiger charge is -2.25. The number of hydrogen-bond acceptors (Lipinski definition) is 3. The number of amides is 1. The van der Waals surface area contributed by atoms with E-state index in [9.17, 15) is 4.79 Å². The SMILES string of the molecule is CSCCC(C)N(C)C(=O)c1cccnc1Cl. The van der Waals surface area contributed by atoms with Crippen molar-refractivity contribution < 1.29 is 4.79 Å². The minimum absolute atomic E-state index is 0.0725. The average Bonchev–Trinajstić information content (AvgIpc) is 2.34. The van der Waals surface area contributed by atoms with Gasteiger partial charge in [-0.3, -0.25) is 4.79 Å². The lowest BCUT2D eigenvalue weighted by molar-refractivity contribution is 0.0741. The number of rotatable bonds is 5. The molecule has 0 aliphatic carbocycles. The summed E-state index contributed by atoms with van der Waals surface area (Å²) >= 11 is 7.69. The van der Waals surface area contributed by atoms with Gasteiger partial charge in [0.1, 0.15) is 5.15 Å². The van der Waals surface area contributed by atoms with Gasteiger partial charge in [0.15, 0.2) is 0 Å². The highest BCUT2D eigenvalue weighted by atomic mass is 35.5. The first-order valence-corrected chi connectivity index (χ1v) is 7.21. The van der Waals surface area contributed by atoms with Gasteiger partial charge in [0.25, 0.3) is 5.91 Å². The second-order valence-electron chi connectivity index (χ2n) is 3.89. The normalized spacial score (nSPS) is 12.2. The van der Waals surface area contributed by atoms with E-state index in [1.807, 2.05) is 6.92 Å². The van der Waals surface area contributed by atoms with Crippen LogP contribution in [0.2, 0.25) is 5.15 Å². The smallest absolute Gasteiger partial charge is 0.256 e. The van der Waals surface area contributed by atoms with Gasteiger partial charge >= 0.3 is 0 Å². The molecule has 1 aromatic heterocycles. The van der Waals surface area contributed by atoms with Crippen LogP contribution in [0.1, 0.15) is 23.7 Å². The molecular formula is C12H17ClN2OS. The third kappa shape index (κ3) is 3.89. The summed E-state index contributed by atoms with van der Waals surface area (Å²) in [5, 5.41) is 0.265. The fraction of sp³-hybridized carbons (Fsp3) is 0.500. The van der Waals surface area contributed by atoms with E-state index >= 15 is 0 Å². The van der Waals surface area contributed by atoms with Crippen molar-refractivity contribution in [1.82, 2.24) is 9.88 Å². The molecule has 0 aliphatic heterocycles. The third-order valence-electron chi connectivity index (χ3n) is 2.71. The average molecular weight is 273 g/mol. The fourth-order valence-corrected chi connectivity index (χ4v) is 2.19. The molecule has 1 aromatic rings. The highest BCUT2D eigenvalue weighted by Gasteiger charge is 2.19. The predicted molar refractivity (Wildman–Crippen MR) is 73.8 cm³/mol. The van der Waals surface area contributed by atoms with Crippen molar-refractivity contribution in [2.75, 3.05) is 19.1 Å². The van der Waals surface area contributed by atoms with E-state index in [1.165, 1.54) is 0 Å². The van der Waals surface area contributed by atoms with Crippen LogP contribution in [0.25, 0.3) is 0 Å². The van der Waals surface area contributed by atoms with Gasteiger partial charge in [0.05, 0.1) is 5.56 Å². The maximum absolute atomic E-state index is 12.2. The Bertz CT molecular complexity index is 387. The number of carbonyl (C=O) groups is 1. The Balaban J connectivity index is 2.73. The van der Waals surface area contributed by atoms with Crippen molar-refractivity contribution in [2.45, 2.75) is 19.4 Å². The zero-order valence-corrected chi connectivity index (χ0v) is 11.9. The lowest BCUT2D eigenvalue weighted by Crippen LogP contribution is -2.35. The number of carbonyl (C=O) groups excluding carboxylic acids is 1. The van der Waals surface area contributed by atoms with Crippen LogP contribution in [0.3, 0.4) is 0 Å². The Morgan fingerprint density at radius 2 is 2.35 bits per heavy atom. The molecule has 1 amide bonds. The Hall–Kier alpha value is -0.740. The first-order chi connectivity index (χ1) is 8.07. The van der Waals surface area contributed by atoms with Crippen LogP contribution in [-0.4, -0.2) is 40.9 Å². The second-order valence-corrected chi connectivity index (χ2v) is 5.23. The predicted octanol–water partition coefficient (Wildman–Crippen LogP) is 2.95. The molecule has 0 fully saturated rings. The Morgan fingerprint density at radius 1 is 1.65 bits per heavy atom. The largest absolute Gasteiger partial charge is 0.339 e. The summed E-state index contributed by atoms with van der Waals surface area (Å²) in [7, 11) is 1.80. The van der Waals surface area contributed by atoms with E-state index < -0.39 is 0 Å². The Morgan fingerprint density at radius 3 is 2.94 bits per heavy atom. The number of halogens is 1. The minimum atomic E-state index is -0.0725. The van der Waals surface area contributed by atoms with Crippen LogP contribution < -0.4 is 0 Å². The second kappa shape index (κ2) is 6.87. The number of pyridine rings is 1. The van der Waals surface area contributed by atoms with Gasteiger partial charge in [-0.25, -0.2) is 4.98 Å². The molecule has 1 heterocycles. The van der Waals surface area contributed by atoms with E-state index in [0.717, 1.165) is 12.2 Å². The molecule has 0 aromatic carbocycles. The number of hydrogen-bond donors (Lipinski definition) is 0. The standard InChI is InChI=1S/C12H17ClN2OS/c1-9(6-8-17-3)15(2)12(16)10-5-4-7-14-11(10)13/h4-5,7,9H,6,8H2,1-3H3. The lowest BCUT2D eigenvalue weighted by atomic mass is 10.2. The molecule has 5 heteroatoms. The topological polar surface area (TPSA) is 33.2 Å². The van der Waals surface area contributed by atoms with E-state index in [2.05, 4.69) is 11.2 Å². The summed E-state index contributed by atoms with van der Waals surface area (Å²) < 4.78 is 0. The molecule has 0 saturated carbocycles. The Kier molecular flexibility index (Phi) is 5.78. The molecule has 1 atom stereocenters. The van der Waals surface area contributed by atoms with Crippen molar-refractivity contribution in [2.24, 2.45) is 0 Å². The summed E-state index contributed by atoms with van der Waals surface area (Å²) in [4.78, 5) is 17.8. The molecule has 0 spiro atoms. The fourth-order valence-electron chi connectivity index (χ4n) is 1.42. The summed E-state index contributed by atoms with van der Waals surface area (Å²) in [5.74, 6) is 0.969. The molecular weight excluding hydrogens is 256 g/mol. The van der Waals surface area contributed by atoms with Gasteiger partial charge in [-0.2, -0.15) is 11.8 Å². The van der Waals surface area contributed by atoms with Crippen LogP contribution >= 0.6 is 23.4 Å². The quantitative estimate of drug-likeness (QED) is 0.773. The highest BCUT2D eigenvalue weighted by Crippen LogP contribution is 2.16. The maximum Gasteiger partial charge on any atom is 0.256 e. The van der Waals surface area contributed by atoms with Crippen LogP contribution in [0.5, 0.6) is 0 Å². The zero-order valence-electron chi connectivity index (χ0n) is 10.3. The molecule has 94 valence electrons. The van der Waals surface area contributed by atoms with E-state index in [-0.39, 0.29) is 17.1 Å². The van der Waals surface area contributed by atoms with Crippen molar-refractivity contribution in [3.63, 3.8) is 0 Å². The first-order valence-electron chi connectivity index (χ1n) is 5.44. The van der Waals surface area contributed by atoms with Gasteiger partial charge < -0.3 is 4.90 Å². The van der Waals surface area contributed by atoms with E-state index in [4.69, 9.17) is 11.6 Å². The van der Waals surface area contributed by atoms with Gasteiger partial charge in [0, 0.05) is 19.3 Å². The molecule has 3 nitrogen and oxygen atoms in total. The summed E-state index contributed by atoms with van der Waals surface area (Å²) in [6, 6.07) is 3.63. The minimum Gasteiger partial charge on any atom is -0.339 e. The number of thioether (sulfide) groups is 1. The summed E-state index contributed by atoms with van der Waals surface area (Å²) in [6.45, 7) is 2.04. The van der Waals surface area contributed by atoms with Gasteiger partial charge in [-0.05, 0) is 37.5 Å². The molecule has 1 unspecified atom stereocenters. The van der Waals surface area contributed by atoms with Crippen molar-refractivity contribution in [3.05, 3.63) is 29.0 Å². The van der Waals surface area contributed by atoms with Gasteiger partial charge in [0.2, 0.25) is 0 Å². The molecule has 0 N–H and O–H groups in total. The van der Waals surface area contributed by atoms with E-state index in [1.54, 1.807) is 42.0 Å². The maximum atomic E-state index is 12.2. The number of nitrogens with zero attached hydrogens (tertiary/aromatic N) is 2. The van der Waals surface area contributed by atoms with Crippen LogP contribution in [-0.2, 0) is 0 Å². The molecule has 0 bridgehead atoms. The van der Waals surface area contributed by atoms with Crippen LogP contribution in [0.4, 0.5) is 0 Å². The van der Waals surface area contributed by atoms with Crippen molar-refractivity contribution in [3.8, 4) is 0 Å². The molecule has 17 heavy (non-hydrogen) atoms. The summed E-state index contributed by atoms with van der Waals surface area (Å²) in [5.41, 5.74) is 0.465. The van der Waals surface area contributed by atoms with Crippen LogP contribution in [0.15, 0.2) is 18.3 Å². The van der Waals surface area contributed by atoms with Crippen molar-refractivity contribution in [1.29, 1.82) is 0 Å². The first kappa shape index (κ1) is 14.3. The van der Waals surface area contributed by atoms with Crippen molar-refractivity contribution >= 4 is 29.3 Å². The van der Waals surface area contributed by atoms with Gasteiger partial charge in [-0.15, -0.1) is 0 Å².